The molecule has 2 rings (SSSR count). The van der Waals surface area contributed by atoms with Crippen LogP contribution < -0.4 is 10.2 Å². The van der Waals surface area contributed by atoms with Crippen molar-refractivity contribution in [1.82, 2.24) is 5.32 Å². The molecule has 0 radical (unpaired) electrons. The van der Waals surface area contributed by atoms with Gasteiger partial charge in [0.2, 0.25) is 0 Å². The molecule has 0 spiro atoms. The molecule has 0 aromatic heterocycles. The summed E-state index contributed by atoms with van der Waals surface area (Å²) >= 11 is 0. The van der Waals surface area contributed by atoms with Crippen LogP contribution in [-0.2, 0) is 13.0 Å². The first-order valence-corrected chi connectivity index (χ1v) is 6.70. The number of rotatable bonds is 4. The molecule has 0 fully saturated rings. The Morgan fingerprint density at radius 3 is 2.94 bits per heavy atom. The highest BCUT2D eigenvalue weighted by atomic mass is 15.1. The molecule has 1 aliphatic heterocycles. The predicted octanol–water partition coefficient (Wildman–Crippen LogP) is 2.81. The van der Waals surface area contributed by atoms with Crippen LogP contribution >= 0.6 is 0 Å². The molecule has 0 atom stereocenters. The van der Waals surface area contributed by atoms with E-state index in [1.165, 1.54) is 36.2 Å². The summed E-state index contributed by atoms with van der Waals surface area (Å²) in [4.78, 5) is 2.37. The van der Waals surface area contributed by atoms with Crippen molar-refractivity contribution in [3.63, 3.8) is 0 Å². The molecule has 94 valence electrons. The van der Waals surface area contributed by atoms with Crippen LogP contribution in [0.4, 0.5) is 5.69 Å². The fourth-order valence-corrected chi connectivity index (χ4v) is 2.45. The number of anilines is 1. The quantitative estimate of drug-likeness (QED) is 0.858. The summed E-state index contributed by atoms with van der Waals surface area (Å²) in [5.41, 5.74) is 4.35. The van der Waals surface area contributed by atoms with Crippen molar-refractivity contribution in [3.8, 4) is 0 Å². The van der Waals surface area contributed by atoms with Gasteiger partial charge in [-0.1, -0.05) is 26.0 Å². The highest BCUT2D eigenvalue weighted by Crippen LogP contribution is 2.26. The van der Waals surface area contributed by atoms with E-state index in [4.69, 9.17) is 0 Å². The first-order valence-electron chi connectivity index (χ1n) is 6.70. The zero-order valence-corrected chi connectivity index (χ0v) is 11.3. The van der Waals surface area contributed by atoms with Gasteiger partial charge in [0, 0.05) is 25.8 Å². The van der Waals surface area contributed by atoms with Gasteiger partial charge in [-0.05, 0) is 42.5 Å². The molecular formula is C15H24N2. The van der Waals surface area contributed by atoms with Gasteiger partial charge in [0.05, 0.1) is 0 Å². The van der Waals surface area contributed by atoms with E-state index in [0.717, 1.165) is 19.0 Å². The molecule has 1 aromatic rings. The number of benzene rings is 1. The standard InChI is InChI=1S/C15H24N2/c1-12(2)10-16-11-13-6-7-15-14(9-13)5-4-8-17(15)3/h6-7,9,12,16H,4-5,8,10-11H2,1-3H3. The summed E-state index contributed by atoms with van der Waals surface area (Å²) in [7, 11) is 2.19. The number of nitrogens with one attached hydrogen (secondary N) is 1. The van der Waals surface area contributed by atoms with Crippen LogP contribution in [0.3, 0.4) is 0 Å². The molecule has 2 nitrogen and oxygen atoms in total. The SMILES string of the molecule is CC(C)CNCc1ccc2c(c1)CCCN2C. The van der Waals surface area contributed by atoms with Crippen molar-refractivity contribution in [2.24, 2.45) is 5.92 Å². The van der Waals surface area contributed by atoms with E-state index in [-0.39, 0.29) is 0 Å². The minimum absolute atomic E-state index is 0.721. The minimum Gasteiger partial charge on any atom is -0.374 e. The number of hydrogen-bond acceptors (Lipinski definition) is 2. The van der Waals surface area contributed by atoms with E-state index in [2.05, 4.69) is 49.3 Å². The predicted molar refractivity (Wildman–Crippen MR) is 74.6 cm³/mol. The van der Waals surface area contributed by atoms with Gasteiger partial charge in [-0.2, -0.15) is 0 Å². The van der Waals surface area contributed by atoms with Gasteiger partial charge in [0.15, 0.2) is 0 Å². The lowest BCUT2D eigenvalue weighted by atomic mass is 9.99. The monoisotopic (exact) mass is 232 g/mol. The smallest absolute Gasteiger partial charge is 0.0396 e. The Morgan fingerprint density at radius 1 is 1.35 bits per heavy atom. The molecule has 1 aromatic carbocycles. The zero-order valence-electron chi connectivity index (χ0n) is 11.3. The molecule has 0 amide bonds. The highest BCUT2D eigenvalue weighted by Gasteiger charge is 2.13. The maximum atomic E-state index is 3.51. The van der Waals surface area contributed by atoms with E-state index in [1.54, 1.807) is 0 Å². The maximum absolute atomic E-state index is 3.51. The van der Waals surface area contributed by atoms with Gasteiger partial charge in [-0.3, -0.25) is 0 Å². The summed E-state index contributed by atoms with van der Waals surface area (Å²) in [6.45, 7) is 7.77. The second-order valence-corrected chi connectivity index (χ2v) is 5.51. The van der Waals surface area contributed by atoms with Gasteiger partial charge in [-0.15, -0.1) is 0 Å². The van der Waals surface area contributed by atoms with Crippen LogP contribution in [0.25, 0.3) is 0 Å². The molecule has 0 aliphatic carbocycles. The third kappa shape index (κ3) is 3.22. The maximum Gasteiger partial charge on any atom is 0.0396 e. The second kappa shape index (κ2) is 5.54. The summed E-state index contributed by atoms with van der Waals surface area (Å²) in [5, 5.41) is 3.51. The topological polar surface area (TPSA) is 15.3 Å². The summed E-state index contributed by atoms with van der Waals surface area (Å²) in [5.74, 6) is 0.721. The Morgan fingerprint density at radius 2 is 2.18 bits per heavy atom. The molecule has 17 heavy (non-hydrogen) atoms. The van der Waals surface area contributed by atoms with Crippen LogP contribution in [0.15, 0.2) is 18.2 Å². The molecule has 1 N–H and O–H groups in total. The number of hydrogen-bond donors (Lipinski definition) is 1. The summed E-state index contributed by atoms with van der Waals surface area (Å²) in [6.07, 6.45) is 2.52. The lowest BCUT2D eigenvalue weighted by Gasteiger charge is -2.27. The van der Waals surface area contributed by atoms with Crippen molar-refractivity contribution >= 4 is 5.69 Å². The fraction of sp³-hybridized carbons (Fsp3) is 0.600. The van der Waals surface area contributed by atoms with Gasteiger partial charge < -0.3 is 10.2 Å². The lowest BCUT2D eigenvalue weighted by Crippen LogP contribution is -2.25. The van der Waals surface area contributed by atoms with Gasteiger partial charge in [0.25, 0.3) is 0 Å². The highest BCUT2D eigenvalue weighted by molar-refractivity contribution is 5.56. The van der Waals surface area contributed by atoms with Crippen molar-refractivity contribution in [3.05, 3.63) is 29.3 Å². The average molecular weight is 232 g/mol. The molecule has 0 unspecified atom stereocenters. The number of nitrogens with zero attached hydrogens (tertiary/aromatic N) is 1. The first-order chi connectivity index (χ1) is 8.16. The van der Waals surface area contributed by atoms with Crippen molar-refractivity contribution in [1.29, 1.82) is 0 Å². The van der Waals surface area contributed by atoms with Crippen LogP contribution in [0.1, 0.15) is 31.4 Å². The van der Waals surface area contributed by atoms with Gasteiger partial charge in [-0.25, -0.2) is 0 Å². The van der Waals surface area contributed by atoms with Gasteiger partial charge >= 0.3 is 0 Å². The Balaban J connectivity index is 2.01. The molecule has 0 saturated carbocycles. The summed E-state index contributed by atoms with van der Waals surface area (Å²) < 4.78 is 0. The second-order valence-electron chi connectivity index (χ2n) is 5.51. The average Bonchev–Trinajstić information content (AvgIpc) is 2.29. The third-order valence-electron chi connectivity index (χ3n) is 3.38. The molecule has 2 heteroatoms. The Hall–Kier alpha value is -1.02. The molecule has 1 heterocycles. The molecule has 0 saturated heterocycles. The van der Waals surface area contributed by atoms with Crippen LogP contribution in [0.5, 0.6) is 0 Å². The zero-order chi connectivity index (χ0) is 12.3. The van der Waals surface area contributed by atoms with E-state index < -0.39 is 0 Å². The minimum atomic E-state index is 0.721. The van der Waals surface area contributed by atoms with Gasteiger partial charge in [0.1, 0.15) is 0 Å². The van der Waals surface area contributed by atoms with Crippen LogP contribution in [0, 0.1) is 5.92 Å². The Kier molecular flexibility index (Phi) is 4.06. The number of fused-ring (bicyclic) bond motifs is 1. The van der Waals surface area contributed by atoms with Crippen molar-refractivity contribution in [2.45, 2.75) is 33.2 Å². The van der Waals surface area contributed by atoms with Crippen molar-refractivity contribution in [2.75, 3.05) is 25.0 Å². The van der Waals surface area contributed by atoms with Crippen molar-refractivity contribution < 1.29 is 0 Å². The van der Waals surface area contributed by atoms with E-state index in [1.807, 2.05) is 0 Å². The van der Waals surface area contributed by atoms with E-state index in [0.29, 0.717) is 0 Å². The normalized spacial score (nSPS) is 15.2. The van der Waals surface area contributed by atoms with E-state index in [9.17, 15) is 0 Å². The number of aryl methyl sites for hydroxylation is 1. The molecule has 1 aliphatic rings. The first kappa shape index (κ1) is 12.4. The lowest BCUT2D eigenvalue weighted by molar-refractivity contribution is 0.552. The molecular weight excluding hydrogens is 208 g/mol. The fourth-order valence-electron chi connectivity index (χ4n) is 2.45. The largest absolute Gasteiger partial charge is 0.374 e. The van der Waals surface area contributed by atoms with Crippen LogP contribution in [-0.4, -0.2) is 20.1 Å². The summed E-state index contributed by atoms with van der Waals surface area (Å²) in [6, 6.07) is 6.91. The van der Waals surface area contributed by atoms with E-state index >= 15 is 0 Å². The Labute approximate surface area is 105 Å². The third-order valence-corrected chi connectivity index (χ3v) is 3.38. The van der Waals surface area contributed by atoms with Crippen LogP contribution in [0.2, 0.25) is 0 Å². The molecule has 0 bridgehead atoms. The Bertz CT molecular complexity index is 371.